The second-order valence-corrected chi connectivity index (χ2v) is 7.74. The van der Waals surface area contributed by atoms with Crippen LogP contribution in [-0.4, -0.2) is 41.5 Å². The summed E-state index contributed by atoms with van der Waals surface area (Å²) in [5.74, 6) is 1.06. The van der Waals surface area contributed by atoms with Gasteiger partial charge in [-0.3, -0.25) is 4.79 Å². The van der Waals surface area contributed by atoms with Crippen LogP contribution in [0, 0.1) is 12.8 Å². The smallest absolute Gasteiger partial charge is 0.263 e. The van der Waals surface area contributed by atoms with Gasteiger partial charge in [-0.15, -0.1) is 11.3 Å². The fourth-order valence-corrected chi connectivity index (χ4v) is 3.98. The topological polar surface area (TPSA) is 45.2 Å². The molecule has 3 rings (SSSR count). The third kappa shape index (κ3) is 3.46. The van der Waals surface area contributed by atoms with Gasteiger partial charge in [0.25, 0.3) is 5.91 Å². The van der Waals surface area contributed by atoms with Gasteiger partial charge in [0.2, 0.25) is 0 Å². The maximum absolute atomic E-state index is 12.3. The van der Waals surface area contributed by atoms with Crippen molar-refractivity contribution in [2.24, 2.45) is 5.92 Å². The minimum atomic E-state index is 0.0572. The van der Waals surface area contributed by atoms with Crippen LogP contribution in [0.1, 0.15) is 59.4 Å². The van der Waals surface area contributed by atoms with Crippen LogP contribution in [0.2, 0.25) is 0 Å². The van der Waals surface area contributed by atoms with Gasteiger partial charge in [0, 0.05) is 25.0 Å². The van der Waals surface area contributed by atoms with Gasteiger partial charge in [-0.1, -0.05) is 13.8 Å². The number of carbonyl (C=O) groups is 1. The Labute approximate surface area is 130 Å². The van der Waals surface area contributed by atoms with E-state index in [0.29, 0.717) is 11.8 Å². The molecule has 0 radical (unpaired) electrons. The standard InChI is InChI=1S/C16H25N3OS/c1-10(2)16-18-11(3)14(21-16)15(20)17-8-12-6-7-19(9-12)13-4-5-13/h10,12-13H,4-9H2,1-3H3,(H,17,20)/t12-/m0/s1. The maximum atomic E-state index is 12.3. The summed E-state index contributed by atoms with van der Waals surface area (Å²) in [4.78, 5) is 20.2. The lowest BCUT2D eigenvalue weighted by molar-refractivity contribution is 0.0950. The van der Waals surface area contributed by atoms with E-state index in [1.807, 2.05) is 6.92 Å². The second kappa shape index (κ2) is 6.05. The molecule has 1 saturated carbocycles. The van der Waals surface area contributed by atoms with Gasteiger partial charge in [-0.05, 0) is 38.6 Å². The summed E-state index contributed by atoms with van der Waals surface area (Å²) in [6.45, 7) is 9.33. The fraction of sp³-hybridized carbons (Fsp3) is 0.750. The van der Waals surface area contributed by atoms with Crippen LogP contribution in [0.25, 0.3) is 0 Å². The van der Waals surface area contributed by atoms with E-state index in [-0.39, 0.29) is 5.91 Å². The Balaban J connectivity index is 1.52. The largest absolute Gasteiger partial charge is 0.351 e. The predicted octanol–water partition coefficient (Wildman–Crippen LogP) is 2.79. The van der Waals surface area contributed by atoms with E-state index >= 15 is 0 Å². The predicted molar refractivity (Wildman–Crippen MR) is 86.0 cm³/mol. The Morgan fingerprint density at radius 2 is 2.19 bits per heavy atom. The Bertz CT molecular complexity index is 522. The Hall–Kier alpha value is -0.940. The number of rotatable bonds is 5. The van der Waals surface area contributed by atoms with Gasteiger partial charge < -0.3 is 10.2 Å². The number of hydrogen-bond donors (Lipinski definition) is 1. The molecule has 21 heavy (non-hydrogen) atoms. The molecule has 116 valence electrons. The van der Waals surface area contributed by atoms with E-state index in [4.69, 9.17) is 0 Å². The minimum Gasteiger partial charge on any atom is -0.351 e. The molecule has 1 aliphatic carbocycles. The van der Waals surface area contributed by atoms with Crippen molar-refractivity contribution in [2.45, 2.75) is 52.0 Å². The van der Waals surface area contributed by atoms with Gasteiger partial charge in [0.15, 0.2) is 0 Å². The molecule has 1 aromatic rings. The van der Waals surface area contributed by atoms with Crippen LogP contribution in [0.4, 0.5) is 0 Å². The number of thiazole rings is 1. The minimum absolute atomic E-state index is 0.0572. The first-order chi connectivity index (χ1) is 10.0. The highest BCUT2D eigenvalue weighted by molar-refractivity contribution is 7.13. The van der Waals surface area contributed by atoms with Crippen LogP contribution in [-0.2, 0) is 0 Å². The monoisotopic (exact) mass is 307 g/mol. The highest BCUT2D eigenvalue weighted by Crippen LogP contribution is 2.31. The van der Waals surface area contributed by atoms with Crippen LogP contribution in [0.5, 0.6) is 0 Å². The summed E-state index contributed by atoms with van der Waals surface area (Å²) in [5, 5.41) is 4.17. The SMILES string of the molecule is Cc1nc(C(C)C)sc1C(=O)NC[C@@H]1CCN(C2CC2)C1. The van der Waals surface area contributed by atoms with E-state index in [2.05, 4.69) is 29.0 Å². The molecule has 1 aliphatic heterocycles. The molecule has 1 amide bonds. The fourth-order valence-electron chi connectivity index (χ4n) is 2.99. The van der Waals surface area contributed by atoms with Gasteiger partial charge >= 0.3 is 0 Å². The van der Waals surface area contributed by atoms with Gasteiger partial charge in [-0.25, -0.2) is 4.98 Å². The second-order valence-electron chi connectivity index (χ2n) is 6.71. The van der Waals surface area contributed by atoms with Crippen molar-refractivity contribution in [3.8, 4) is 0 Å². The maximum Gasteiger partial charge on any atom is 0.263 e. The zero-order valence-corrected chi connectivity index (χ0v) is 14.0. The number of carbonyl (C=O) groups excluding carboxylic acids is 1. The average molecular weight is 307 g/mol. The van der Waals surface area contributed by atoms with E-state index in [0.717, 1.165) is 34.7 Å². The molecule has 5 heteroatoms. The number of hydrogen-bond acceptors (Lipinski definition) is 4. The first-order valence-electron chi connectivity index (χ1n) is 8.04. The van der Waals surface area contributed by atoms with Crippen LogP contribution in [0.15, 0.2) is 0 Å². The van der Waals surface area contributed by atoms with E-state index in [1.165, 1.54) is 25.8 Å². The highest BCUT2D eigenvalue weighted by Gasteiger charge is 2.34. The Kier molecular flexibility index (Phi) is 4.31. The molecular formula is C16H25N3OS. The molecule has 1 atom stereocenters. The Morgan fingerprint density at radius 3 is 2.81 bits per heavy atom. The van der Waals surface area contributed by atoms with Crippen molar-refractivity contribution in [2.75, 3.05) is 19.6 Å². The summed E-state index contributed by atoms with van der Waals surface area (Å²) in [7, 11) is 0. The van der Waals surface area contributed by atoms with Crippen LogP contribution < -0.4 is 5.32 Å². The molecular weight excluding hydrogens is 282 g/mol. The van der Waals surface area contributed by atoms with E-state index in [9.17, 15) is 4.79 Å². The molecule has 4 nitrogen and oxygen atoms in total. The number of nitrogens with zero attached hydrogens (tertiary/aromatic N) is 2. The molecule has 0 unspecified atom stereocenters. The number of likely N-dealkylation sites (tertiary alicyclic amines) is 1. The lowest BCUT2D eigenvalue weighted by atomic mass is 10.1. The molecule has 0 aromatic carbocycles. The molecule has 1 N–H and O–H groups in total. The number of aromatic nitrogens is 1. The summed E-state index contributed by atoms with van der Waals surface area (Å²) in [5.41, 5.74) is 0.868. The molecule has 1 saturated heterocycles. The highest BCUT2D eigenvalue weighted by atomic mass is 32.1. The number of aryl methyl sites for hydroxylation is 1. The molecule has 2 heterocycles. The zero-order valence-electron chi connectivity index (χ0n) is 13.2. The Morgan fingerprint density at radius 1 is 1.43 bits per heavy atom. The van der Waals surface area contributed by atoms with Gasteiger partial charge in [0.1, 0.15) is 4.88 Å². The van der Waals surface area contributed by atoms with Crippen molar-refractivity contribution < 1.29 is 4.79 Å². The van der Waals surface area contributed by atoms with Crippen molar-refractivity contribution >= 4 is 17.2 Å². The normalized spacial score (nSPS) is 23.0. The van der Waals surface area contributed by atoms with Crippen LogP contribution in [0.3, 0.4) is 0 Å². The third-order valence-corrected chi connectivity index (χ3v) is 5.90. The van der Waals surface area contributed by atoms with Crippen LogP contribution >= 0.6 is 11.3 Å². The summed E-state index contributed by atoms with van der Waals surface area (Å²) in [6, 6.07) is 0.850. The van der Waals surface area contributed by atoms with Gasteiger partial charge in [-0.2, -0.15) is 0 Å². The first-order valence-corrected chi connectivity index (χ1v) is 8.85. The lowest BCUT2D eigenvalue weighted by Gasteiger charge is -2.15. The zero-order chi connectivity index (χ0) is 15.0. The quantitative estimate of drug-likeness (QED) is 0.910. The summed E-state index contributed by atoms with van der Waals surface area (Å²) < 4.78 is 0. The number of amides is 1. The van der Waals surface area contributed by atoms with E-state index < -0.39 is 0 Å². The molecule has 0 bridgehead atoms. The summed E-state index contributed by atoms with van der Waals surface area (Å²) in [6.07, 6.45) is 3.96. The van der Waals surface area contributed by atoms with Gasteiger partial charge in [0.05, 0.1) is 10.7 Å². The summed E-state index contributed by atoms with van der Waals surface area (Å²) >= 11 is 1.54. The van der Waals surface area contributed by atoms with E-state index in [1.54, 1.807) is 11.3 Å². The van der Waals surface area contributed by atoms with Crippen molar-refractivity contribution in [1.29, 1.82) is 0 Å². The third-order valence-electron chi connectivity index (χ3n) is 4.45. The first kappa shape index (κ1) is 15.0. The molecule has 2 aliphatic rings. The van der Waals surface area contributed by atoms with Crippen molar-refractivity contribution in [3.05, 3.63) is 15.6 Å². The lowest BCUT2D eigenvalue weighted by Crippen LogP contribution is -2.31. The molecule has 0 spiro atoms. The molecule has 1 aromatic heterocycles. The van der Waals surface area contributed by atoms with Crippen molar-refractivity contribution in [3.63, 3.8) is 0 Å². The molecule has 2 fully saturated rings. The number of nitrogens with one attached hydrogen (secondary N) is 1. The van der Waals surface area contributed by atoms with Crippen molar-refractivity contribution in [1.82, 2.24) is 15.2 Å². The average Bonchev–Trinajstić information content (AvgIpc) is 3.05.